The summed E-state index contributed by atoms with van der Waals surface area (Å²) in [6, 6.07) is 10.2. The number of ether oxygens (including phenoxy) is 1. The van der Waals surface area contributed by atoms with Gasteiger partial charge in [0, 0.05) is 5.92 Å². The zero-order valence-electron chi connectivity index (χ0n) is 14.4. The Hall–Kier alpha value is -0.980. The van der Waals surface area contributed by atoms with E-state index in [1.807, 2.05) is 30.3 Å². The molecule has 0 spiro atoms. The van der Waals surface area contributed by atoms with Gasteiger partial charge in [-0.15, -0.1) is 0 Å². The van der Waals surface area contributed by atoms with Crippen molar-refractivity contribution >= 4 is 0 Å². The molecule has 1 aromatic carbocycles. The summed E-state index contributed by atoms with van der Waals surface area (Å²) in [4.78, 5) is 0. The molecule has 0 N–H and O–H groups in total. The minimum absolute atomic E-state index is 0.236. The van der Waals surface area contributed by atoms with Crippen LogP contribution in [0.5, 0.6) is 5.75 Å². The molecule has 0 aliphatic heterocycles. The summed E-state index contributed by atoms with van der Waals surface area (Å²) in [5, 5.41) is 0. The first-order valence-electron chi connectivity index (χ1n) is 7.81. The van der Waals surface area contributed by atoms with Crippen molar-refractivity contribution in [2.75, 3.05) is 0 Å². The fraction of sp³-hybridized carbons (Fsp3) is 0.684. The second-order valence-electron chi connectivity index (χ2n) is 8.21. The number of benzene rings is 1. The predicted molar refractivity (Wildman–Crippen MR) is 88.2 cm³/mol. The molecule has 1 rings (SSSR count). The van der Waals surface area contributed by atoms with E-state index in [4.69, 9.17) is 4.74 Å². The standard InChI is InChI=1S/C19H32O/c1-15(20-16-11-9-8-10-12-16)17(19(5,6)7)13-14-18(2,3)4/h8-12,15,17H,13-14H2,1-7H3. The Morgan fingerprint density at radius 1 is 0.950 bits per heavy atom. The van der Waals surface area contributed by atoms with Crippen LogP contribution >= 0.6 is 0 Å². The lowest BCUT2D eigenvalue weighted by Crippen LogP contribution is -2.35. The molecule has 2 atom stereocenters. The van der Waals surface area contributed by atoms with Crippen LogP contribution < -0.4 is 4.74 Å². The summed E-state index contributed by atoms with van der Waals surface area (Å²) in [6.07, 6.45) is 2.68. The SMILES string of the molecule is CC(Oc1ccccc1)C(CCC(C)(C)C)C(C)(C)C. The summed E-state index contributed by atoms with van der Waals surface area (Å²) < 4.78 is 6.17. The van der Waals surface area contributed by atoms with Crippen molar-refractivity contribution in [3.8, 4) is 5.75 Å². The fourth-order valence-corrected chi connectivity index (χ4v) is 2.76. The smallest absolute Gasteiger partial charge is 0.119 e. The topological polar surface area (TPSA) is 9.23 Å². The number of hydrogen-bond donors (Lipinski definition) is 0. The minimum Gasteiger partial charge on any atom is -0.490 e. The normalized spacial score (nSPS) is 15.8. The van der Waals surface area contributed by atoms with E-state index in [1.165, 1.54) is 12.8 Å². The Kier molecular flexibility index (Phi) is 5.68. The number of hydrogen-bond acceptors (Lipinski definition) is 1. The molecule has 0 amide bonds. The quantitative estimate of drug-likeness (QED) is 0.646. The van der Waals surface area contributed by atoms with E-state index in [2.05, 4.69) is 48.5 Å². The first kappa shape index (κ1) is 17.1. The maximum atomic E-state index is 6.17. The summed E-state index contributed by atoms with van der Waals surface area (Å²) >= 11 is 0. The molecule has 0 radical (unpaired) electrons. The van der Waals surface area contributed by atoms with Crippen molar-refractivity contribution in [3.63, 3.8) is 0 Å². The van der Waals surface area contributed by atoms with Gasteiger partial charge in [-0.3, -0.25) is 0 Å². The van der Waals surface area contributed by atoms with Crippen LogP contribution in [-0.4, -0.2) is 6.10 Å². The van der Waals surface area contributed by atoms with Gasteiger partial charge in [-0.2, -0.15) is 0 Å². The van der Waals surface area contributed by atoms with Gasteiger partial charge in [0.15, 0.2) is 0 Å². The second-order valence-corrected chi connectivity index (χ2v) is 8.21. The second kappa shape index (κ2) is 6.65. The van der Waals surface area contributed by atoms with Crippen LogP contribution in [0.3, 0.4) is 0 Å². The molecule has 2 unspecified atom stereocenters. The lowest BCUT2D eigenvalue weighted by atomic mass is 9.72. The third kappa shape index (κ3) is 5.98. The van der Waals surface area contributed by atoms with Gasteiger partial charge < -0.3 is 4.74 Å². The summed E-state index contributed by atoms with van der Waals surface area (Å²) in [5.41, 5.74) is 0.648. The Balaban J connectivity index is 2.73. The first-order chi connectivity index (χ1) is 9.09. The lowest BCUT2D eigenvalue weighted by Gasteiger charge is -2.37. The lowest BCUT2D eigenvalue weighted by molar-refractivity contribution is 0.0600. The Bertz CT molecular complexity index is 380. The van der Waals surface area contributed by atoms with Gasteiger partial charge >= 0.3 is 0 Å². The monoisotopic (exact) mass is 276 g/mol. The highest BCUT2D eigenvalue weighted by Crippen LogP contribution is 2.37. The Morgan fingerprint density at radius 2 is 1.50 bits per heavy atom. The first-order valence-corrected chi connectivity index (χ1v) is 7.81. The van der Waals surface area contributed by atoms with E-state index in [-0.39, 0.29) is 11.5 Å². The maximum absolute atomic E-state index is 6.17. The maximum Gasteiger partial charge on any atom is 0.119 e. The summed E-state index contributed by atoms with van der Waals surface area (Å²) in [7, 11) is 0. The highest BCUT2D eigenvalue weighted by molar-refractivity contribution is 5.21. The molecule has 0 saturated heterocycles. The van der Waals surface area contributed by atoms with E-state index in [1.54, 1.807) is 0 Å². The summed E-state index contributed by atoms with van der Waals surface area (Å²) in [5.74, 6) is 1.53. The van der Waals surface area contributed by atoms with E-state index >= 15 is 0 Å². The van der Waals surface area contributed by atoms with Crippen molar-refractivity contribution < 1.29 is 4.74 Å². The predicted octanol–water partition coefficient (Wildman–Crippen LogP) is 5.94. The molecule has 0 bridgehead atoms. The van der Waals surface area contributed by atoms with E-state index < -0.39 is 0 Å². The number of rotatable bonds is 5. The van der Waals surface area contributed by atoms with Gasteiger partial charge in [0.05, 0.1) is 6.10 Å². The molecule has 1 aromatic rings. The highest BCUT2D eigenvalue weighted by atomic mass is 16.5. The molecular formula is C19H32O. The third-order valence-corrected chi connectivity index (χ3v) is 3.95. The van der Waals surface area contributed by atoms with Crippen molar-refractivity contribution in [1.82, 2.24) is 0 Å². The molecule has 1 heteroatoms. The molecule has 1 nitrogen and oxygen atoms in total. The van der Waals surface area contributed by atoms with Crippen molar-refractivity contribution in [3.05, 3.63) is 30.3 Å². The van der Waals surface area contributed by atoms with Gasteiger partial charge in [0.1, 0.15) is 5.75 Å². The molecule has 114 valence electrons. The van der Waals surface area contributed by atoms with Crippen LogP contribution in [-0.2, 0) is 0 Å². The summed E-state index contributed by atoms with van der Waals surface area (Å²) in [6.45, 7) is 16.1. The van der Waals surface area contributed by atoms with Gasteiger partial charge in [-0.25, -0.2) is 0 Å². The molecule has 0 heterocycles. The van der Waals surface area contributed by atoms with Gasteiger partial charge in [0.2, 0.25) is 0 Å². The van der Waals surface area contributed by atoms with Gasteiger partial charge in [-0.1, -0.05) is 59.7 Å². The van der Waals surface area contributed by atoms with Crippen molar-refractivity contribution in [1.29, 1.82) is 0 Å². The van der Waals surface area contributed by atoms with Crippen LogP contribution in [0.1, 0.15) is 61.3 Å². The minimum atomic E-state index is 0.236. The van der Waals surface area contributed by atoms with Crippen LogP contribution in [0.15, 0.2) is 30.3 Å². The van der Waals surface area contributed by atoms with Gasteiger partial charge in [0.25, 0.3) is 0 Å². The highest BCUT2D eigenvalue weighted by Gasteiger charge is 2.31. The average Bonchev–Trinajstić information content (AvgIpc) is 2.26. The molecule has 0 aromatic heterocycles. The Morgan fingerprint density at radius 3 is 1.95 bits per heavy atom. The zero-order valence-corrected chi connectivity index (χ0v) is 14.4. The molecule has 20 heavy (non-hydrogen) atoms. The zero-order chi connectivity index (χ0) is 15.4. The van der Waals surface area contributed by atoms with Crippen LogP contribution in [0.4, 0.5) is 0 Å². The van der Waals surface area contributed by atoms with Crippen molar-refractivity contribution in [2.45, 2.75) is 67.4 Å². The van der Waals surface area contributed by atoms with E-state index in [9.17, 15) is 0 Å². The van der Waals surface area contributed by atoms with Crippen LogP contribution in [0, 0.1) is 16.7 Å². The van der Waals surface area contributed by atoms with Crippen LogP contribution in [0.25, 0.3) is 0 Å². The molecular weight excluding hydrogens is 244 g/mol. The Labute approximate surface area is 125 Å². The van der Waals surface area contributed by atoms with E-state index in [0.717, 1.165) is 5.75 Å². The largest absolute Gasteiger partial charge is 0.490 e. The van der Waals surface area contributed by atoms with Crippen LogP contribution in [0.2, 0.25) is 0 Å². The average molecular weight is 276 g/mol. The fourth-order valence-electron chi connectivity index (χ4n) is 2.76. The van der Waals surface area contributed by atoms with Gasteiger partial charge in [-0.05, 0) is 42.7 Å². The molecule has 0 aliphatic rings. The van der Waals surface area contributed by atoms with E-state index in [0.29, 0.717) is 11.3 Å². The van der Waals surface area contributed by atoms with Crippen molar-refractivity contribution in [2.24, 2.45) is 16.7 Å². The molecule has 0 aliphatic carbocycles. The molecule has 0 fully saturated rings. The third-order valence-electron chi connectivity index (χ3n) is 3.95. The number of para-hydroxylation sites is 1. The molecule has 0 saturated carbocycles.